The molecule has 2 atom stereocenters. The van der Waals surface area contributed by atoms with Crippen LogP contribution in [0.3, 0.4) is 0 Å². The summed E-state index contributed by atoms with van der Waals surface area (Å²) in [6.45, 7) is 0.558. The van der Waals surface area contributed by atoms with Gasteiger partial charge in [-0.15, -0.1) is 0 Å². The normalized spacial score (nSPS) is 19.1. The Bertz CT molecular complexity index is 854. The fraction of sp³-hybridized carbons (Fsp3) is 0.409. The van der Waals surface area contributed by atoms with E-state index in [1.54, 1.807) is 18.0 Å². The summed E-state index contributed by atoms with van der Waals surface area (Å²) in [6, 6.07) is 11.5. The summed E-state index contributed by atoms with van der Waals surface area (Å²) in [7, 11) is 1.70. The summed E-state index contributed by atoms with van der Waals surface area (Å²) in [6.07, 6.45) is -1.86. The van der Waals surface area contributed by atoms with Crippen LogP contribution >= 0.6 is 0 Å². The zero-order valence-electron chi connectivity index (χ0n) is 16.7. The first kappa shape index (κ1) is 22.2. The van der Waals surface area contributed by atoms with Gasteiger partial charge in [-0.2, -0.15) is 13.2 Å². The van der Waals surface area contributed by atoms with E-state index in [9.17, 15) is 22.4 Å². The number of nitrogens with zero attached hydrogens (tertiary/aromatic N) is 1. The van der Waals surface area contributed by atoms with Crippen molar-refractivity contribution in [2.24, 2.45) is 0 Å². The first-order chi connectivity index (χ1) is 14.2. The number of likely N-dealkylation sites (N-methyl/N-ethyl adjacent to an activating group) is 1. The highest BCUT2D eigenvalue weighted by atomic mass is 19.4. The van der Waals surface area contributed by atoms with Gasteiger partial charge in [0.2, 0.25) is 5.91 Å². The van der Waals surface area contributed by atoms with Gasteiger partial charge in [-0.25, -0.2) is 4.39 Å². The Labute approximate surface area is 173 Å². The van der Waals surface area contributed by atoms with Gasteiger partial charge in [0, 0.05) is 25.7 Å². The van der Waals surface area contributed by atoms with Gasteiger partial charge < -0.3 is 4.90 Å². The molecule has 1 amide bonds. The third-order valence-electron chi connectivity index (χ3n) is 5.34. The van der Waals surface area contributed by atoms with Crippen LogP contribution in [0.4, 0.5) is 17.6 Å². The molecule has 3 rings (SSSR count). The summed E-state index contributed by atoms with van der Waals surface area (Å²) < 4.78 is 51.2. The lowest BCUT2D eigenvalue weighted by molar-refractivity contribution is -0.137. The molecule has 1 fully saturated rings. The van der Waals surface area contributed by atoms with E-state index in [0.29, 0.717) is 12.1 Å². The van der Waals surface area contributed by atoms with E-state index in [1.165, 1.54) is 24.3 Å². The van der Waals surface area contributed by atoms with Crippen molar-refractivity contribution >= 4 is 5.91 Å². The second-order valence-corrected chi connectivity index (χ2v) is 7.66. The van der Waals surface area contributed by atoms with Gasteiger partial charge in [0.1, 0.15) is 5.82 Å². The number of carbonyl (C=O) groups is 1. The van der Waals surface area contributed by atoms with E-state index < -0.39 is 11.7 Å². The molecule has 0 bridgehead atoms. The van der Waals surface area contributed by atoms with Gasteiger partial charge in [-0.1, -0.05) is 24.3 Å². The van der Waals surface area contributed by atoms with Gasteiger partial charge >= 0.3 is 6.18 Å². The summed E-state index contributed by atoms with van der Waals surface area (Å²) in [5.74, 6) is -0.393. The molecule has 2 N–H and O–H groups in total. The van der Waals surface area contributed by atoms with Crippen LogP contribution in [0.25, 0.3) is 0 Å². The van der Waals surface area contributed by atoms with Crippen LogP contribution in [0.5, 0.6) is 0 Å². The Balaban J connectivity index is 1.40. The minimum Gasteiger partial charge on any atom is -0.345 e. The molecule has 0 aromatic heterocycles. The molecule has 1 aliphatic rings. The number of carbonyl (C=O) groups excluding carboxylic acids is 1. The zero-order valence-corrected chi connectivity index (χ0v) is 16.7. The van der Waals surface area contributed by atoms with E-state index in [4.69, 9.17) is 0 Å². The van der Waals surface area contributed by atoms with Gasteiger partial charge in [0.05, 0.1) is 12.0 Å². The van der Waals surface area contributed by atoms with E-state index >= 15 is 0 Å². The van der Waals surface area contributed by atoms with Crippen molar-refractivity contribution in [1.82, 2.24) is 15.8 Å². The van der Waals surface area contributed by atoms with Crippen LogP contribution in [0.2, 0.25) is 0 Å². The predicted octanol–water partition coefficient (Wildman–Crippen LogP) is 4.23. The Morgan fingerprint density at radius 3 is 2.53 bits per heavy atom. The summed E-state index contributed by atoms with van der Waals surface area (Å²) in [5.41, 5.74) is 7.13. The number of amides is 1. The van der Waals surface area contributed by atoms with Crippen LogP contribution in [0, 0.1) is 5.82 Å². The van der Waals surface area contributed by atoms with Crippen molar-refractivity contribution in [3.05, 3.63) is 71.0 Å². The third-order valence-corrected chi connectivity index (χ3v) is 5.34. The number of benzene rings is 2. The molecule has 0 spiro atoms. The average molecular weight is 423 g/mol. The number of rotatable bonds is 7. The topological polar surface area (TPSA) is 44.4 Å². The Kier molecular flexibility index (Phi) is 7.10. The number of alkyl halides is 3. The highest BCUT2D eigenvalue weighted by Crippen LogP contribution is 2.29. The van der Waals surface area contributed by atoms with E-state index in [-0.39, 0.29) is 30.2 Å². The van der Waals surface area contributed by atoms with E-state index in [2.05, 4.69) is 10.9 Å². The van der Waals surface area contributed by atoms with E-state index in [0.717, 1.165) is 37.0 Å². The lowest BCUT2D eigenvalue weighted by atomic mass is 9.99. The molecule has 0 saturated carbocycles. The number of halogens is 4. The Morgan fingerprint density at radius 1 is 1.13 bits per heavy atom. The number of hydrazine groups is 1. The Morgan fingerprint density at radius 2 is 1.87 bits per heavy atom. The van der Waals surface area contributed by atoms with Crippen molar-refractivity contribution in [2.75, 3.05) is 13.6 Å². The number of hydrogen-bond donors (Lipinski definition) is 2. The predicted molar refractivity (Wildman–Crippen MR) is 106 cm³/mol. The average Bonchev–Trinajstić information content (AvgIpc) is 3.16. The van der Waals surface area contributed by atoms with Crippen molar-refractivity contribution < 1.29 is 22.4 Å². The maximum absolute atomic E-state index is 13.4. The second kappa shape index (κ2) is 9.57. The van der Waals surface area contributed by atoms with Gasteiger partial charge in [0.15, 0.2) is 0 Å². The van der Waals surface area contributed by atoms with Gasteiger partial charge in [-0.05, 0) is 54.7 Å². The molecule has 30 heavy (non-hydrogen) atoms. The van der Waals surface area contributed by atoms with Crippen molar-refractivity contribution in [3.63, 3.8) is 0 Å². The van der Waals surface area contributed by atoms with Crippen LogP contribution < -0.4 is 10.9 Å². The quantitative estimate of drug-likeness (QED) is 0.655. The maximum atomic E-state index is 13.4. The minimum absolute atomic E-state index is 0.0460. The van der Waals surface area contributed by atoms with Crippen LogP contribution in [0.15, 0.2) is 48.5 Å². The molecular weight excluding hydrogens is 398 g/mol. The second-order valence-electron chi connectivity index (χ2n) is 7.66. The number of nitrogens with one attached hydrogen (secondary N) is 2. The fourth-order valence-electron chi connectivity index (χ4n) is 3.57. The van der Waals surface area contributed by atoms with Crippen molar-refractivity contribution in [3.8, 4) is 0 Å². The lowest BCUT2D eigenvalue weighted by Gasteiger charge is -2.18. The molecule has 1 aliphatic heterocycles. The highest BCUT2D eigenvalue weighted by molar-refractivity contribution is 5.78. The molecule has 0 aliphatic carbocycles. The summed E-state index contributed by atoms with van der Waals surface area (Å²) in [4.78, 5) is 13.9. The molecule has 2 unspecified atom stereocenters. The molecular formula is C22H25F4N3O. The minimum atomic E-state index is -4.38. The van der Waals surface area contributed by atoms with Crippen LogP contribution in [-0.4, -0.2) is 30.4 Å². The molecule has 1 heterocycles. The van der Waals surface area contributed by atoms with Crippen molar-refractivity contribution in [1.29, 1.82) is 0 Å². The molecule has 1 saturated heterocycles. The standard InChI is InChI=1S/C22H25F4N3O/c1-29(21(30)12-15-7-9-17(10-8-15)22(24,25)26)11-3-6-19-14-20(28-27-19)16-4-2-5-18(23)13-16/h2,4-5,7-10,13,19-20,27-28H,3,6,11-12,14H2,1H3. The molecule has 2 aromatic rings. The monoisotopic (exact) mass is 423 g/mol. The largest absolute Gasteiger partial charge is 0.416 e. The first-order valence-electron chi connectivity index (χ1n) is 9.89. The lowest BCUT2D eigenvalue weighted by Crippen LogP contribution is -2.33. The van der Waals surface area contributed by atoms with Crippen LogP contribution in [-0.2, 0) is 17.4 Å². The maximum Gasteiger partial charge on any atom is 0.416 e. The molecule has 4 nitrogen and oxygen atoms in total. The fourth-order valence-corrected chi connectivity index (χ4v) is 3.57. The molecule has 162 valence electrons. The molecule has 2 aromatic carbocycles. The highest BCUT2D eigenvalue weighted by Gasteiger charge is 2.30. The van der Waals surface area contributed by atoms with E-state index in [1.807, 2.05) is 6.07 Å². The number of hydrogen-bond acceptors (Lipinski definition) is 3. The smallest absolute Gasteiger partial charge is 0.345 e. The Hall–Kier alpha value is -2.45. The SMILES string of the molecule is CN(CCCC1CC(c2cccc(F)c2)NN1)C(=O)Cc1ccc(C(F)(F)F)cc1. The molecule has 8 heteroatoms. The first-order valence-corrected chi connectivity index (χ1v) is 9.89. The van der Waals surface area contributed by atoms with Gasteiger partial charge in [-0.3, -0.25) is 15.6 Å². The summed E-state index contributed by atoms with van der Waals surface area (Å²) >= 11 is 0. The van der Waals surface area contributed by atoms with Crippen molar-refractivity contribution in [2.45, 2.75) is 43.9 Å². The summed E-state index contributed by atoms with van der Waals surface area (Å²) in [5, 5.41) is 0. The zero-order chi connectivity index (χ0) is 21.7. The van der Waals surface area contributed by atoms with Gasteiger partial charge in [0.25, 0.3) is 0 Å². The van der Waals surface area contributed by atoms with Crippen LogP contribution in [0.1, 0.15) is 42.0 Å². The molecule has 0 radical (unpaired) electrons. The third kappa shape index (κ3) is 6.03.